The molecule has 0 spiro atoms. The third-order valence-electron chi connectivity index (χ3n) is 3.47. The maximum atomic E-state index is 10.9. The largest absolute Gasteiger partial charge is 0.483 e. The average molecular weight is 430 g/mol. The minimum atomic E-state index is -0.503. The van der Waals surface area contributed by atoms with Crippen molar-refractivity contribution in [3.8, 4) is 17.2 Å². The van der Waals surface area contributed by atoms with Gasteiger partial charge < -0.3 is 25.3 Å². The molecule has 0 fully saturated rings. The van der Waals surface area contributed by atoms with Gasteiger partial charge in [-0.1, -0.05) is 22.0 Å². The molecule has 2 aromatic carbocycles. The zero-order chi connectivity index (χ0) is 16.9. The molecule has 3 N–H and O–H groups in total. The van der Waals surface area contributed by atoms with Gasteiger partial charge in [0.1, 0.15) is 5.75 Å². The molecule has 6 nitrogen and oxygen atoms in total. The van der Waals surface area contributed by atoms with Crippen LogP contribution < -0.4 is 25.3 Å². The molecule has 0 atom stereocenters. The summed E-state index contributed by atoms with van der Waals surface area (Å²) in [4.78, 5) is 10.9. The van der Waals surface area contributed by atoms with Crippen LogP contribution in [0.5, 0.6) is 17.2 Å². The van der Waals surface area contributed by atoms with Gasteiger partial charge in [0.25, 0.3) is 5.91 Å². The molecule has 0 saturated heterocycles. The van der Waals surface area contributed by atoms with Crippen LogP contribution in [0.15, 0.2) is 40.9 Å². The molecule has 25 heavy (non-hydrogen) atoms. The summed E-state index contributed by atoms with van der Waals surface area (Å²) in [7, 11) is 0. The van der Waals surface area contributed by atoms with Crippen molar-refractivity contribution in [1.82, 2.24) is 5.32 Å². The van der Waals surface area contributed by atoms with Gasteiger partial charge in [0.15, 0.2) is 18.1 Å². The van der Waals surface area contributed by atoms with Gasteiger partial charge >= 0.3 is 0 Å². The lowest BCUT2D eigenvalue weighted by molar-refractivity contribution is -0.119. The van der Waals surface area contributed by atoms with Gasteiger partial charge in [-0.25, -0.2) is 0 Å². The number of rotatable bonds is 7. The van der Waals surface area contributed by atoms with E-state index in [-0.39, 0.29) is 25.8 Å². The van der Waals surface area contributed by atoms with Gasteiger partial charge in [-0.05, 0) is 35.9 Å². The first kappa shape index (κ1) is 19.4. The minimum absolute atomic E-state index is 0. The molecule has 1 heterocycles. The van der Waals surface area contributed by atoms with Crippen molar-refractivity contribution in [3.05, 3.63) is 52.0 Å². The van der Waals surface area contributed by atoms with Crippen LogP contribution in [-0.2, 0) is 17.9 Å². The Balaban J connectivity index is 0.00000225. The number of benzene rings is 2. The second kappa shape index (κ2) is 8.94. The van der Waals surface area contributed by atoms with Crippen molar-refractivity contribution < 1.29 is 19.0 Å². The zero-order valence-electron chi connectivity index (χ0n) is 13.3. The van der Waals surface area contributed by atoms with E-state index in [1.165, 1.54) is 0 Å². The predicted octanol–water partition coefficient (Wildman–Crippen LogP) is 2.75. The number of halogens is 2. The van der Waals surface area contributed by atoms with E-state index < -0.39 is 5.91 Å². The summed E-state index contributed by atoms with van der Waals surface area (Å²) in [5, 5.41) is 3.35. The van der Waals surface area contributed by atoms with E-state index in [2.05, 4.69) is 21.2 Å². The van der Waals surface area contributed by atoms with Gasteiger partial charge in [0, 0.05) is 23.1 Å². The summed E-state index contributed by atoms with van der Waals surface area (Å²) in [6.45, 7) is 1.38. The van der Waals surface area contributed by atoms with Crippen molar-refractivity contribution in [1.29, 1.82) is 0 Å². The van der Waals surface area contributed by atoms with Crippen LogP contribution in [0.4, 0.5) is 0 Å². The molecule has 134 valence electrons. The summed E-state index contributed by atoms with van der Waals surface area (Å²) >= 11 is 3.44. The van der Waals surface area contributed by atoms with E-state index in [0.29, 0.717) is 18.8 Å². The number of hydrogen-bond acceptors (Lipinski definition) is 5. The Labute approximate surface area is 160 Å². The highest BCUT2D eigenvalue weighted by molar-refractivity contribution is 9.10. The molecule has 0 aliphatic carbocycles. The normalized spacial score (nSPS) is 11.7. The molecular formula is C17H18BrClN2O4. The van der Waals surface area contributed by atoms with E-state index in [4.69, 9.17) is 19.9 Å². The van der Waals surface area contributed by atoms with Gasteiger partial charge in [0.05, 0.1) is 0 Å². The third-order valence-corrected chi connectivity index (χ3v) is 3.97. The monoisotopic (exact) mass is 428 g/mol. The number of hydrogen-bond donors (Lipinski definition) is 2. The lowest BCUT2D eigenvalue weighted by Crippen LogP contribution is -2.21. The molecule has 0 unspecified atom stereocenters. The molecule has 0 saturated carbocycles. The molecule has 2 aromatic rings. The summed E-state index contributed by atoms with van der Waals surface area (Å²) in [5.74, 6) is 1.67. The Kier molecular flexibility index (Phi) is 6.92. The van der Waals surface area contributed by atoms with Crippen LogP contribution in [0, 0.1) is 0 Å². The highest BCUT2D eigenvalue weighted by Crippen LogP contribution is 2.32. The average Bonchev–Trinajstić information content (AvgIpc) is 3.01. The lowest BCUT2D eigenvalue weighted by Gasteiger charge is -2.12. The quantitative estimate of drug-likeness (QED) is 0.707. The zero-order valence-corrected chi connectivity index (χ0v) is 15.7. The van der Waals surface area contributed by atoms with Crippen molar-refractivity contribution in [2.75, 3.05) is 13.4 Å². The first-order valence-electron chi connectivity index (χ1n) is 7.40. The topological polar surface area (TPSA) is 82.8 Å². The predicted molar refractivity (Wildman–Crippen MR) is 99.2 cm³/mol. The Morgan fingerprint density at radius 3 is 2.76 bits per heavy atom. The number of primary amides is 1. The second-order valence-corrected chi connectivity index (χ2v) is 6.21. The minimum Gasteiger partial charge on any atom is -0.483 e. The molecule has 1 aliphatic rings. The number of carbonyl (C=O) groups is 1. The molecule has 1 amide bonds. The number of nitrogens with two attached hydrogens (primary N) is 1. The van der Waals surface area contributed by atoms with Crippen LogP contribution in [0.3, 0.4) is 0 Å². The van der Waals surface area contributed by atoms with E-state index in [1.807, 2.05) is 36.4 Å². The van der Waals surface area contributed by atoms with E-state index in [0.717, 1.165) is 27.1 Å². The van der Waals surface area contributed by atoms with Crippen LogP contribution in [-0.4, -0.2) is 19.3 Å². The fourth-order valence-corrected chi connectivity index (χ4v) is 2.78. The molecule has 0 bridgehead atoms. The SMILES string of the molecule is Cl.NC(=O)COc1ccc(Br)cc1CNCc1ccc2c(c1)OCO2. The summed E-state index contributed by atoms with van der Waals surface area (Å²) in [6, 6.07) is 11.5. The Bertz CT molecular complexity index is 757. The number of amides is 1. The summed E-state index contributed by atoms with van der Waals surface area (Å²) < 4.78 is 17.1. The van der Waals surface area contributed by atoms with Gasteiger partial charge in [-0.15, -0.1) is 12.4 Å². The molecule has 0 aromatic heterocycles. The molecular weight excluding hydrogens is 412 g/mol. The molecule has 0 radical (unpaired) electrons. The van der Waals surface area contributed by atoms with Gasteiger partial charge in [-0.2, -0.15) is 0 Å². The Morgan fingerprint density at radius 2 is 1.96 bits per heavy atom. The van der Waals surface area contributed by atoms with E-state index in [1.54, 1.807) is 0 Å². The number of carbonyl (C=O) groups excluding carboxylic acids is 1. The van der Waals surface area contributed by atoms with Crippen molar-refractivity contribution in [2.45, 2.75) is 13.1 Å². The standard InChI is InChI=1S/C17H17BrN2O4.ClH/c18-13-2-4-14(22-9-17(19)21)12(6-13)8-20-7-11-1-3-15-16(5-11)24-10-23-15;/h1-6,20H,7-10H2,(H2,19,21);1H. The smallest absolute Gasteiger partial charge is 0.255 e. The van der Waals surface area contributed by atoms with Crippen molar-refractivity contribution in [2.24, 2.45) is 5.73 Å². The Hall–Kier alpha value is -1.96. The highest BCUT2D eigenvalue weighted by Gasteiger charge is 2.13. The van der Waals surface area contributed by atoms with Crippen LogP contribution >= 0.6 is 28.3 Å². The van der Waals surface area contributed by atoms with Crippen molar-refractivity contribution >= 4 is 34.2 Å². The number of ether oxygens (including phenoxy) is 3. The van der Waals surface area contributed by atoms with Gasteiger partial charge in [-0.3, -0.25) is 4.79 Å². The highest BCUT2D eigenvalue weighted by atomic mass is 79.9. The number of fused-ring (bicyclic) bond motifs is 1. The van der Waals surface area contributed by atoms with E-state index in [9.17, 15) is 4.79 Å². The molecule has 8 heteroatoms. The number of nitrogens with one attached hydrogen (secondary N) is 1. The van der Waals surface area contributed by atoms with Crippen molar-refractivity contribution in [3.63, 3.8) is 0 Å². The fraction of sp³-hybridized carbons (Fsp3) is 0.235. The lowest BCUT2D eigenvalue weighted by atomic mass is 10.1. The Morgan fingerprint density at radius 1 is 1.16 bits per heavy atom. The van der Waals surface area contributed by atoms with Crippen LogP contribution in [0.2, 0.25) is 0 Å². The first-order chi connectivity index (χ1) is 11.6. The third kappa shape index (κ3) is 5.26. The van der Waals surface area contributed by atoms with Gasteiger partial charge in [0.2, 0.25) is 6.79 Å². The van der Waals surface area contributed by atoms with Crippen LogP contribution in [0.25, 0.3) is 0 Å². The fourth-order valence-electron chi connectivity index (χ4n) is 2.37. The molecule has 3 rings (SSSR count). The van der Waals surface area contributed by atoms with Crippen LogP contribution in [0.1, 0.15) is 11.1 Å². The maximum Gasteiger partial charge on any atom is 0.255 e. The van der Waals surface area contributed by atoms with E-state index >= 15 is 0 Å². The summed E-state index contributed by atoms with van der Waals surface area (Å²) in [6.07, 6.45) is 0. The second-order valence-electron chi connectivity index (χ2n) is 5.30. The maximum absolute atomic E-state index is 10.9. The molecule has 1 aliphatic heterocycles. The summed E-state index contributed by atoms with van der Waals surface area (Å²) in [5.41, 5.74) is 7.16. The first-order valence-corrected chi connectivity index (χ1v) is 8.20.